The summed E-state index contributed by atoms with van der Waals surface area (Å²) in [6, 6.07) is 14.0. The van der Waals surface area contributed by atoms with Gasteiger partial charge in [-0.25, -0.2) is 0 Å². The molecule has 1 amide bonds. The molecule has 0 heterocycles. The van der Waals surface area contributed by atoms with Gasteiger partial charge in [-0.1, -0.05) is 35.9 Å². The van der Waals surface area contributed by atoms with E-state index in [1.807, 2.05) is 38.1 Å². The smallest absolute Gasteiger partial charge is 0.251 e. The lowest BCUT2D eigenvalue weighted by molar-refractivity contribution is 0.0953. The van der Waals surface area contributed by atoms with E-state index >= 15 is 0 Å². The zero-order chi connectivity index (χ0) is 20.4. The van der Waals surface area contributed by atoms with E-state index in [1.165, 1.54) is 12.1 Å². The lowest BCUT2D eigenvalue weighted by atomic mass is 10.1. The molecule has 1 atom stereocenters. The van der Waals surface area contributed by atoms with Crippen molar-refractivity contribution < 1.29 is 9.90 Å². The first-order valence-electron chi connectivity index (χ1n) is 9.37. The van der Waals surface area contributed by atoms with Gasteiger partial charge < -0.3 is 21.1 Å². The van der Waals surface area contributed by atoms with Crippen molar-refractivity contribution in [3.05, 3.63) is 64.7 Å². The second kappa shape index (κ2) is 11.2. The predicted octanol–water partition coefficient (Wildman–Crippen LogP) is 3.48. The Balaban J connectivity index is 1.82. The van der Waals surface area contributed by atoms with Crippen molar-refractivity contribution in [1.82, 2.24) is 16.0 Å². The van der Waals surface area contributed by atoms with Gasteiger partial charge in [0.05, 0.1) is 6.04 Å². The summed E-state index contributed by atoms with van der Waals surface area (Å²) < 4.78 is 0. The van der Waals surface area contributed by atoms with E-state index in [1.54, 1.807) is 12.1 Å². The minimum Gasteiger partial charge on any atom is -0.508 e. The Morgan fingerprint density at radius 3 is 2.68 bits per heavy atom. The highest BCUT2D eigenvalue weighted by Gasteiger charge is 2.10. The van der Waals surface area contributed by atoms with E-state index in [4.69, 9.17) is 11.6 Å². The van der Waals surface area contributed by atoms with Gasteiger partial charge in [-0.05, 0) is 50.1 Å². The number of halogens is 1. The molecule has 2 rings (SSSR count). The number of amides is 1. The predicted molar refractivity (Wildman–Crippen MR) is 114 cm³/mol. The topological polar surface area (TPSA) is 85.8 Å². The molecule has 0 fully saturated rings. The summed E-state index contributed by atoms with van der Waals surface area (Å²) >= 11 is 6.26. The Morgan fingerprint density at radius 1 is 1.18 bits per heavy atom. The number of carbonyl (C=O) groups excluding carboxylic acids is 1. The van der Waals surface area contributed by atoms with Gasteiger partial charge in [-0.2, -0.15) is 0 Å². The van der Waals surface area contributed by atoms with Gasteiger partial charge in [-0.15, -0.1) is 0 Å². The lowest BCUT2D eigenvalue weighted by Gasteiger charge is -2.19. The fraction of sp³-hybridized carbons (Fsp3) is 0.333. The van der Waals surface area contributed by atoms with E-state index in [2.05, 4.69) is 20.9 Å². The van der Waals surface area contributed by atoms with Gasteiger partial charge >= 0.3 is 0 Å². The summed E-state index contributed by atoms with van der Waals surface area (Å²) in [6.07, 6.45) is 0.696. The largest absolute Gasteiger partial charge is 0.508 e. The van der Waals surface area contributed by atoms with Crippen LogP contribution < -0.4 is 16.0 Å². The third kappa shape index (κ3) is 6.78. The molecule has 4 N–H and O–H groups in total. The number of nitrogens with zero attached hydrogens (tertiary/aromatic N) is 1. The van der Waals surface area contributed by atoms with Crippen LogP contribution in [0.3, 0.4) is 0 Å². The monoisotopic (exact) mass is 402 g/mol. The maximum absolute atomic E-state index is 12.0. The number of aromatic hydroxyl groups is 1. The van der Waals surface area contributed by atoms with Crippen LogP contribution in [-0.2, 0) is 0 Å². The molecule has 7 heteroatoms. The summed E-state index contributed by atoms with van der Waals surface area (Å²) in [4.78, 5) is 16.6. The number of hydrogen-bond donors (Lipinski definition) is 4. The van der Waals surface area contributed by atoms with Gasteiger partial charge in [0.2, 0.25) is 0 Å². The first kappa shape index (κ1) is 21.6. The van der Waals surface area contributed by atoms with Crippen LogP contribution in [0.4, 0.5) is 0 Å². The van der Waals surface area contributed by atoms with Crippen LogP contribution >= 0.6 is 11.6 Å². The molecule has 6 nitrogen and oxygen atoms in total. The Labute approximate surface area is 171 Å². The molecule has 150 valence electrons. The zero-order valence-corrected chi connectivity index (χ0v) is 17.0. The van der Waals surface area contributed by atoms with Crippen molar-refractivity contribution in [2.45, 2.75) is 26.3 Å². The van der Waals surface area contributed by atoms with Crippen molar-refractivity contribution in [2.75, 3.05) is 19.6 Å². The molecule has 0 aromatic heterocycles. The molecule has 1 unspecified atom stereocenters. The molecule has 2 aromatic carbocycles. The average molecular weight is 403 g/mol. The van der Waals surface area contributed by atoms with Gasteiger partial charge in [0.1, 0.15) is 5.75 Å². The molecule has 28 heavy (non-hydrogen) atoms. The summed E-state index contributed by atoms with van der Waals surface area (Å²) in [7, 11) is 0. The fourth-order valence-electron chi connectivity index (χ4n) is 2.65. The molecule has 0 spiro atoms. The molecule has 0 saturated heterocycles. The van der Waals surface area contributed by atoms with Crippen molar-refractivity contribution in [1.29, 1.82) is 0 Å². The zero-order valence-electron chi connectivity index (χ0n) is 16.2. The van der Waals surface area contributed by atoms with E-state index in [-0.39, 0.29) is 17.7 Å². The Bertz CT molecular complexity index is 810. The number of phenols is 1. The van der Waals surface area contributed by atoms with Crippen LogP contribution in [0.2, 0.25) is 5.02 Å². The van der Waals surface area contributed by atoms with Gasteiger partial charge in [0.15, 0.2) is 5.96 Å². The number of rotatable bonds is 8. The maximum Gasteiger partial charge on any atom is 0.251 e. The molecule has 0 bridgehead atoms. The highest BCUT2D eigenvalue weighted by molar-refractivity contribution is 6.31. The number of aliphatic imine (C=N–C) groups is 1. The number of carbonyl (C=O) groups is 1. The second-order valence-corrected chi connectivity index (χ2v) is 6.72. The summed E-state index contributed by atoms with van der Waals surface area (Å²) in [6.45, 7) is 5.84. The molecule has 0 aliphatic rings. The van der Waals surface area contributed by atoms with Crippen molar-refractivity contribution in [3.8, 4) is 5.75 Å². The number of nitrogens with one attached hydrogen (secondary N) is 3. The van der Waals surface area contributed by atoms with Crippen LogP contribution in [-0.4, -0.2) is 36.6 Å². The van der Waals surface area contributed by atoms with Crippen LogP contribution in [0.1, 0.15) is 42.2 Å². The van der Waals surface area contributed by atoms with E-state index < -0.39 is 0 Å². The minimum absolute atomic E-state index is 0.0111. The quantitative estimate of drug-likeness (QED) is 0.309. The van der Waals surface area contributed by atoms with Crippen molar-refractivity contribution >= 4 is 23.5 Å². The van der Waals surface area contributed by atoms with Gasteiger partial charge in [0.25, 0.3) is 5.91 Å². The van der Waals surface area contributed by atoms with E-state index in [0.717, 1.165) is 12.1 Å². The number of phenolic OH excluding ortho intramolecular Hbond substituents is 1. The highest BCUT2D eigenvalue weighted by Crippen LogP contribution is 2.21. The van der Waals surface area contributed by atoms with E-state index in [9.17, 15) is 9.90 Å². The SMILES string of the molecule is CCNC(=NCCCNC(=O)c1cccc(O)c1)NC(C)c1ccccc1Cl. The summed E-state index contributed by atoms with van der Waals surface area (Å²) in [5, 5.41) is 19.5. The normalized spacial score (nSPS) is 12.3. The number of guanidine groups is 1. The molecular weight excluding hydrogens is 376 g/mol. The molecule has 0 radical (unpaired) electrons. The Kier molecular flexibility index (Phi) is 8.62. The molecule has 0 aliphatic heterocycles. The van der Waals surface area contributed by atoms with Crippen LogP contribution in [0.5, 0.6) is 5.75 Å². The molecule has 0 aliphatic carbocycles. The number of hydrogen-bond acceptors (Lipinski definition) is 3. The summed E-state index contributed by atoms with van der Waals surface area (Å²) in [5.41, 5.74) is 1.44. The van der Waals surface area contributed by atoms with Crippen molar-refractivity contribution in [3.63, 3.8) is 0 Å². The standard InChI is InChI=1S/C21H27ClN4O2/c1-3-23-21(26-15(2)18-10-4-5-11-19(18)22)25-13-7-12-24-20(28)16-8-6-9-17(27)14-16/h4-6,8-11,14-15,27H,3,7,12-13H2,1-2H3,(H,24,28)(H2,23,25,26). The first-order valence-corrected chi connectivity index (χ1v) is 9.75. The van der Waals surface area contributed by atoms with Crippen LogP contribution in [0.25, 0.3) is 0 Å². The minimum atomic E-state index is -0.211. The fourth-order valence-corrected chi connectivity index (χ4v) is 2.95. The first-order chi connectivity index (χ1) is 13.5. The summed E-state index contributed by atoms with van der Waals surface area (Å²) in [5.74, 6) is 0.567. The molecule has 0 saturated carbocycles. The average Bonchev–Trinajstić information content (AvgIpc) is 2.68. The third-order valence-electron chi connectivity index (χ3n) is 4.07. The van der Waals surface area contributed by atoms with Gasteiger partial charge in [0, 0.05) is 30.2 Å². The third-order valence-corrected chi connectivity index (χ3v) is 4.41. The van der Waals surface area contributed by atoms with E-state index in [0.29, 0.717) is 36.1 Å². The van der Waals surface area contributed by atoms with Crippen LogP contribution in [0, 0.1) is 0 Å². The highest BCUT2D eigenvalue weighted by atomic mass is 35.5. The Morgan fingerprint density at radius 2 is 1.96 bits per heavy atom. The molecule has 2 aromatic rings. The van der Waals surface area contributed by atoms with Crippen LogP contribution in [0.15, 0.2) is 53.5 Å². The van der Waals surface area contributed by atoms with Gasteiger partial charge in [-0.3, -0.25) is 9.79 Å². The Hall–Kier alpha value is -2.73. The lowest BCUT2D eigenvalue weighted by Crippen LogP contribution is -2.39. The number of benzene rings is 2. The van der Waals surface area contributed by atoms with Crippen molar-refractivity contribution in [2.24, 2.45) is 4.99 Å². The molecular formula is C21H27ClN4O2. The maximum atomic E-state index is 12.0. The second-order valence-electron chi connectivity index (χ2n) is 6.31.